The zero-order valence-corrected chi connectivity index (χ0v) is 17.5. The highest BCUT2D eigenvalue weighted by Gasteiger charge is 2.21. The number of hydrogen-bond acceptors (Lipinski definition) is 5. The summed E-state index contributed by atoms with van der Waals surface area (Å²) >= 11 is 1.59. The van der Waals surface area contributed by atoms with Gasteiger partial charge >= 0.3 is 0 Å². The van der Waals surface area contributed by atoms with Gasteiger partial charge in [0.1, 0.15) is 11.3 Å². The topological polar surface area (TPSA) is 69.0 Å². The molecule has 0 bridgehead atoms. The molecule has 4 heterocycles. The van der Waals surface area contributed by atoms with Crippen molar-refractivity contribution in [2.45, 2.75) is 18.9 Å². The predicted octanol–water partition coefficient (Wildman–Crippen LogP) is 3.81. The lowest BCUT2D eigenvalue weighted by Crippen LogP contribution is -2.35. The van der Waals surface area contributed by atoms with E-state index in [4.69, 9.17) is 4.74 Å². The summed E-state index contributed by atoms with van der Waals surface area (Å²) in [7, 11) is 1.95. The van der Waals surface area contributed by atoms with E-state index in [2.05, 4.69) is 45.6 Å². The van der Waals surface area contributed by atoms with Crippen molar-refractivity contribution in [2.75, 3.05) is 13.2 Å². The molecule has 30 heavy (non-hydrogen) atoms. The Morgan fingerprint density at radius 1 is 1.30 bits per heavy atom. The van der Waals surface area contributed by atoms with Crippen molar-refractivity contribution in [3.8, 4) is 11.3 Å². The van der Waals surface area contributed by atoms with Gasteiger partial charge in [0.05, 0.1) is 23.9 Å². The van der Waals surface area contributed by atoms with Crippen LogP contribution in [0.25, 0.3) is 22.3 Å². The Bertz CT molecular complexity index is 1180. The molecule has 6 nitrogen and oxygen atoms in total. The number of ether oxygens (including phenoxy) is 1. The van der Waals surface area contributed by atoms with Gasteiger partial charge in [0.2, 0.25) is 0 Å². The van der Waals surface area contributed by atoms with Gasteiger partial charge in [0.25, 0.3) is 5.91 Å². The summed E-state index contributed by atoms with van der Waals surface area (Å²) < 4.78 is 7.32. The number of benzene rings is 1. The van der Waals surface area contributed by atoms with Gasteiger partial charge in [0, 0.05) is 36.2 Å². The molecule has 3 aromatic heterocycles. The van der Waals surface area contributed by atoms with E-state index in [-0.39, 0.29) is 11.9 Å². The summed E-state index contributed by atoms with van der Waals surface area (Å²) in [6, 6.07) is 12.5. The maximum atomic E-state index is 12.8. The van der Waals surface area contributed by atoms with Crippen LogP contribution in [0.1, 0.15) is 28.0 Å². The Kier molecular flexibility index (Phi) is 5.06. The molecule has 0 radical (unpaired) electrons. The third kappa shape index (κ3) is 3.74. The first kappa shape index (κ1) is 19.0. The van der Waals surface area contributed by atoms with Crippen molar-refractivity contribution < 1.29 is 9.53 Å². The van der Waals surface area contributed by atoms with Gasteiger partial charge in [0.15, 0.2) is 0 Å². The molecule has 152 valence electrons. The van der Waals surface area contributed by atoms with Crippen LogP contribution in [0.4, 0.5) is 0 Å². The Labute approximate surface area is 178 Å². The van der Waals surface area contributed by atoms with E-state index in [0.29, 0.717) is 18.9 Å². The minimum atomic E-state index is -0.145. The number of rotatable bonds is 5. The fourth-order valence-electron chi connectivity index (χ4n) is 3.84. The predicted molar refractivity (Wildman–Crippen MR) is 118 cm³/mol. The van der Waals surface area contributed by atoms with Gasteiger partial charge in [-0.25, -0.2) is 9.97 Å². The number of pyridine rings is 1. The third-order valence-corrected chi connectivity index (χ3v) is 6.08. The smallest absolute Gasteiger partial charge is 0.270 e. The van der Waals surface area contributed by atoms with Gasteiger partial charge in [-0.3, -0.25) is 4.79 Å². The number of thiazole rings is 1. The zero-order chi connectivity index (χ0) is 20.5. The number of fused-ring (bicyclic) bond motifs is 1. The molecule has 0 spiro atoms. The van der Waals surface area contributed by atoms with Gasteiger partial charge in [-0.05, 0) is 36.1 Å². The Hall–Kier alpha value is -3.03. The highest BCUT2D eigenvalue weighted by Crippen LogP contribution is 2.24. The number of aryl methyl sites for hydroxylation is 1. The van der Waals surface area contributed by atoms with Crippen LogP contribution in [-0.4, -0.2) is 39.7 Å². The van der Waals surface area contributed by atoms with E-state index < -0.39 is 0 Å². The van der Waals surface area contributed by atoms with E-state index >= 15 is 0 Å². The lowest BCUT2D eigenvalue weighted by molar-refractivity contribution is 0.0925. The molecular formula is C23H22N4O2S. The maximum absolute atomic E-state index is 12.8. The van der Waals surface area contributed by atoms with Crippen molar-refractivity contribution in [1.82, 2.24) is 19.9 Å². The molecule has 1 atom stereocenters. The van der Waals surface area contributed by atoms with Crippen LogP contribution < -0.4 is 5.32 Å². The molecule has 1 amide bonds. The Morgan fingerprint density at radius 2 is 2.17 bits per heavy atom. The zero-order valence-electron chi connectivity index (χ0n) is 16.7. The lowest BCUT2D eigenvalue weighted by atomic mass is 10.0. The standard InChI is InChI=1S/C23H22N4O2S/c1-27-8-6-19-17(10-15-2-4-16(5-3-15)21-13-30-14-24-21)11-20(26-22(19)27)23(28)25-18-7-9-29-12-18/h2-6,8,11,13-14,18H,7,9-10,12H2,1H3,(H,25,28)/t18-/m0/s1. The first-order chi connectivity index (χ1) is 14.7. The van der Waals surface area contributed by atoms with E-state index in [1.807, 2.05) is 34.8 Å². The second kappa shape index (κ2) is 8.01. The first-order valence-corrected chi connectivity index (χ1v) is 10.9. The van der Waals surface area contributed by atoms with Gasteiger partial charge in [-0.2, -0.15) is 0 Å². The quantitative estimate of drug-likeness (QED) is 0.535. The third-order valence-electron chi connectivity index (χ3n) is 5.50. The molecule has 1 aliphatic heterocycles. The maximum Gasteiger partial charge on any atom is 0.270 e. The molecular weight excluding hydrogens is 396 g/mol. The van der Waals surface area contributed by atoms with Gasteiger partial charge in [-0.15, -0.1) is 11.3 Å². The van der Waals surface area contributed by atoms with Crippen LogP contribution >= 0.6 is 11.3 Å². The van der Waals surface area contributed by atoms with Crippen LogP contribution in [0.15, 0.2) is 53.5 Å². The first-order valence-electron chi connectivity index (χ1n) is 9.98. The summed E-state index contributed by atoms with van der Waals surface area (Å²) in [6.07, 6.45) is 3.56. The molecule has 4 aromatic rings. The number of carbonyl (C=O) groups excluding carboxylic acids is 1. The fraction of sp³-hybridized carbons (Fsp3) is 0.261. The molecule has 7 heteroatoms. The van der Waals surface area contributed by atoms with Crippen molar-refractivity contribution in [2.24, 2.45) is 7.05 Å². The number of hydrogen-bond donors (Lipinski definition) is 1. The average Bonchev–Trinajstić information content (AvgIpc) is 3.52. The number of amides is 1. The highest BCUT2D eigenvalue weighted by molar-refractivity contribution is 7.07. The number of nitrogens with zero attached hydrogens (tertiary/aromatic N) is 3. The van der Waals surface area contributed by atoms with E-state index in [1.165, 1.54) is 5.56 Å². The van der Waals surface area contributed by atoms with Crippen molar-refractivity contribution in [1.29, 1.82) is 0 Å². The Balaban J connectivity index is 1.44. The molecule has 0 unspecified atom stereocenters. The van der Waals surface area contributed by atoms with Crippen molar-refractivity contribution in [3.63, 3.8) is 0 Å². The summed E-state index contributed by atoms with van der Waals surface area (Å²) in [6.45, 7) is 1.26. The van der Waals surface area contributed by atoms with Gasteiger partial charge in [-0.1, -0.05) is 24.3 Å². The van der Waals surface area contributed by atoms with Crippen LogP contribution in [0.3, 0.4) is 0 Å². The minimum absolute atomic E-state index is 0.0603. The number of carbonyl (C=O) groups is 1. The summed E-state index contributed by atoms with van der Waals surface area (Å²) in [4.78, 5) is 21.8. The van der Waals surface area contributed by atoms with E-state index in [1.54, 1.807) is 11.3 Å². The number of aromatic nitrogens is 3. The monoisotopic (exact) mass is 418 g/mol. The van der Waals surface area contributed by atoms with E-state index in [9.17, 15) is 4.79 Å². The fourth-order valence-corrected chi connectivity index (χ4v) is 4.40. The number of nitrogens with one attached hydrogen (secondary N) is 1. The molecule has 1 N–H and O–H groups in total. The van der Waals surface area contributed by atoms with E-state index in [0.717, 1.165) is 40.7 Å². The highest BCUT2D eigenvalue weighted by atomic mass is 32.1. The second-order valence-corrected chi connectivity index (χ2v) is 8.33. The second-order valence-electron chi connectivity index (χ2n) is 7.61. The molecule has 0 aliphatic carbocycles. The molecule has 5 rings (SSSR count). The van der Waals surface area contributed by atoms with Crippen LogP contribution in [0, 0.1) is 0 Å². The van der Waals surface area contributed by atoms with Crippen LogP contribution in [0.2, 0.25) is 0 Å². The largest absolute Gasteiger partial charge is 0.379 e. The molecule has 1 aliphatic rings. The molecule has 1 saturated heterocycles. The van der Waals surface area contributed by atoms with Crippen molar-refractivity contribution >= 4 is 28.3 Å². The Morgan fingerprint density at radius 3 is 2.90 bits per heavy atom. The molecule has 1 aromatic carbocycles. The van der Waals surface area contributed by atoms with Crippen LogP contribution in [-0.2, 0) is 18.2 Å². The minimum Gasteiger partial charge on any atom is -0.379 e. The van der Waals surface area contributed by atoms with Gasteiger partial charge < -0.3 is 14.6 Å². The molecule has 1 fully saturated rings. The van der Waals surface area contributed by atoms with Crippen LogP contribution in [0.5, 0.6) is 0 Å². The molecule has 0 saturated carbocycles. The summed E-state index contributed by atoms with van der Waals surface area (Å²) in [5, 5.41) is 6.16. The average molecular weight is 419 g/mol. The normalized spacial score (nSPS) is 16.2. The summed E-state index contributed by atoms with van der Waals surface area (Å²) in [5.41, 5.74) is 7.49. The lowest BCUT2D eigenvalue weighted by Gasteiger charge is -2.12. The summed E-state index contributed by atoms with van der Waals surface area (Å²) in [5.74, 6) is -0.145. The SMILES string of the molecule is Cn1ccc2c(Cc3ccc(-c4cscn4)cc3)cc(C(=O)N[C@H]3CCOC3)nc21. The van der Waals surface area contributed by atoms with Crippen molar-refractivity contribution in [3.05, 3.63) is 70.3 Å².